The third-order valence-corrected chi connectivity index (χ3v) is 4.47. The Morgan fingerprint density at radius 3 is 2.83 bits per heavy atom. The first-order chi connectivity index (χ1) is 11.6. The predicted molar refractivity (Wildman–Crippen MR) is 92.4 cm³/mol. The Labute approximate surface area is 144 Å². The fraction of sp³-hybridized carbons (Fsp3) is 0.211. The van der Waals surface area contributed by atoms with E-state index in [1.54, 1.807) is 19.1 Å². The summed E-state index contributed by atoms with van der Waals surface area (Å²) in [6, 6.07) is 10.2. The second-order valence-corrected chi connectivity index (χ2v) is 6.32. The molecule has 0 saturated heterocycles. The zero-order chi connectivity index (χ0) is 16.7. The van der Waals surface area contributed by atoms with E-state index in [1.165, 1.54) is 6.07 Å². The average Bonchev–Trinajstić information content (AvgIpc) is 2.92. The van der Waals surface area contributed by atoms with Crippen molar-refractivity contribution >= 4 is 23.4 Å². The number of aliphatic imine (C=N–C) groups is 1. The summed E-state index contributed by atoms with van der Waals surface area (Å²) in [4.78, 5) is 4.21. The molecule has 0 aromatic heterocycles. The van der Waals surface area contributed by atoms with E-state index in [-0.39, 0.29) is 0 Å². The maximum absolute atomic E-state index is 14.4. The van der Waals surface area contributed by atoms with Crippen LogP contribution in [0, 0.1) is 5.82 Å². The maximum atomic E-state index is 14.4. The molecule has 0 saturated carbocycles. The van der Waals surface area contributed by atoms with Gasteiger partial charge in [0.25, 0.3) is 5.79 Å². The fourth-order valence-corrected chi connectivity index (χ4v) is 3.21. The number of nitrogens with zero attached hydrogens (tertiary/aromatic N) is 1. The van der Waals surface area contributed by atoms with Crippen LogP contribution in [0.4, 0.5) is 4.39 Å². The van der Waals surface area contributed by atoms with Gasteiger partial charge in [0.05, 0.1) is 12.1 Å². The summed E-state index contributed by atoms with van der Waals surface area (Å²) in [5.41, 5.74) is 2.40. The molecule has 122 valence electrons. The smallest absolute Gasteiger partial charge is 0.278 e. The SMILES string of the molecule is CC1(c2ccc(Cl)cc2F)Oc2cccc(C3=CCN=CC3)c2O1. The van der Waals surface area contributed by atoms with Gasteiger partial charge in [0.15, 0.2) is 11.5 Å². The number of halogens is 2. The first kappa shape index (κ1) is 15.2. The highest BCUT2D eigenvalue weighted by molar-refractivity contribution is 6.30. The molecule has 0 N–H and O–H groups in total. The number of dihydropyridines is 1. The Bertz CT molecular complexity index is 878. The van der Waals surface area contributed by atoms with Crippen LogP contribution < -0.4 is 9.47 Å². The molecule has 0 amide bonds. The minimum absolute atomic E-state index is 0.313. The third kappa shape index (κ3) is 2.47. The molecule has 0 aliphatic carbocycles. The van der Waals surface area contributed by atoms with Crippen molar-refractivity contribution < 1.29 is 13.9 Å². The number of benzene rings is 2. The largest absolute Gasteiger partial charge is 0.444 e. The summed E-state index contributed by atoms with van der Waals surface area (Å²) < 4.78 is 26.4. The van der Waals surface area contributed by atoms with Crippen molar-refractivity contribution in [2.24, 2.45) is 4.99 Å². The summed E-state index contributed by atoms with van der Waals surface area (Å²) in [6.45, 7) is 2.36. The lowest BCUT2D eigenvalue weighted by atomic mass is 10.00. The van der Waals surface area contributed by atoms with Crippen LogP contribution in [0.25, 0.3) is 5.57 Å². The van der Waals surface area contributed by atoms with Gasteiger partial charge in [-0.3, -0.25) is 4.99 Å². The van der Waals surface area contributed by atoms with E-state index < -0.39 is 11.6 Å². The van der Waals surface area contributed by atoms with Crippen LogP contribution in [-0.4, -0.2) is 12.8 Å². The number of fused-ring (bicyclic) bond motifs is 1. The van der Waals surface area contributed by atoms with Crippen LogP contribution >= 0.6 is 11.6 Å². The molecule has 2 aromatic carbocycles. The molecule has 1 atom stereocenters. The summed E-state index contributed by atoms with van der Waals surface area (Å²) in [6.07, 6.45) is 4.70. The van der Waals surface area contributed by atoms with Gasteiger partial charge in [0, 0.05) is 30.1 Å². The molecule has 0 fully saturated rings. The number of hydrogen-bond acceptors (Lipinski definition) is 3. The Kier molecular flexibility index (Phi) is 3.57. The van der Waals surface area contributed by atoms with Crippen LogP contribution in [-0.2, 0) is 5.79 Å². The molecule has 0 spiro atoms. The van der Waals surface area contributed by atoms with Crippen molar-refractivity contribution in [3.05, 3.63) is 64.4 Å². The normalized spacial score (nSPS) is 21.7. The molecule has 2 aliphatic rings. The Balaban J connectivity index is 1.75. The van der Waals surface area contributed by atoms with Crippen molar-refractivity contribution in [1.82, 2.24) is 0 Å². The van der Waals surface area contributed by atoms with Gasteiger partial charge in [0.1, 0.15) is 5.82 Å². The molecule has 2 heterocycles. The molecule has 2 aliphatic heterocycles. The monoisotopic (exact) mass is 343 g/mol. The van der Waals surface area contributed by atoms with Crippen molar-refractivity contribution in [1.29, 1.82) is 0 Å². The minimum Gasteiger partial charge on any atom is -0.444 e. The molecule has 1 unspecified atom stereocenters. The standard InChI is InChI=1S/C19H15ClFNO2/c1-19(15-6-5-13(20)11-16(15)21)23-17-4-2-3-14(18(17)24-19)12-7-9-22-10-8-12/h2-7,10-11H,8-9H2,1H3. The van der Waals surface area contributed by atoms with Crippen LogP contribution in [0.2, 0.25) is 5.02 Å². The number of rotatable bonds is 2. The van der Waals surface area contributed by atoms with E-state index in [2.05, 4.69) is 11.1 Å². The van der Waals surface area contributed by atoms with E-state index in [1.807, 2.05) is 24.4 Å². The lowest BCUT2D eigenvalue weighted by Gasteiger charge is -2.24. The van der Waals surface area contributed by atoms with E-state index in [9.17, 15) is 4.39 Å². The minimum atomic E-state index is -1.23. The number of allylic oxidation sites excluding steroid dienone is 1. The van der Waals surface area contributed by atoms with Crippen molar-refractivity contribution in [2.45, 2.75) is 19.1 Å². The Morgan fingerprint density at radius 2 is 2.08 bits per heavy atom. The summed E-state index contributed by atoms with van der Waals surface area (Å²) >= 11 is 5.84. The molecular formula is C19H15ClFNO2. The van der Waals surface area contributed by atoms with Gasteiger partial charge < -0.3 is 9.47 Å². The molecular weight excluding hydrogens is 329 g/mol. The lowest BCUT2D eigenvalue weighted by molar-refractivity contribution is -0.0708. The molecule has 5 heteroatoms. The van der Waals surface area contributed by atoms with Gasteiger partial charge in [-0.15, -0.1) is 0 Å². The third-order valence-electron chi connectivity index (χ3n) is 4.23. The summed E-state index contributed by atoms with van der Waals surface area (Å²) in [7, 11) is 0. The number of para-hydroxylation sites is 1. The number of hydrogen-bond donors (Lipinski definition) is 0. The highest BCUT2D eigenvalue weighted by atomic mass is 35.5. The maximum Gasteiger partial charge on any atom is 0.278 e. The van der Waals surface area contributed by atoms with Crippen molar-refractivity contribution in [3.63, 3.8) is 0 Å². The highest BCUT2D eigenvalue weighted by Crippen LogP contribution is 2.48. The molecule has 3 nitrogen and oxygen atoms in total. The van der Waals surface area contributed by atoms with E-state index in [4.69, 9.17) is 21.1 Å². The Hall–Kier alpha value is -2.33. The second kappa shape index (κ2) is 5.64. The Morgan fingerprint density at radius 1 is 1.21 bits per heavy atom. The van der Waals surface area contributed by atoms with Gasteiger partial charge in [-0.1, -0.05) is 29.8 Å². The zero-order valence-electron chi connectivity index (χ0n) is 13.1. The summed E-state index contributed by atoms with van der Waals surface area (Å²) in [5, 5.41) is 0.336. The van der Waals surface area contributed by atoms with Gasteiger partial charge in [0.2, 0.25) is 0 Å². The summed E-state index contributed by atoms with van der Waals surface area (Å²) in [5.74, 6) is -0.441. The first-order valence-corrected chi connectivity index (χ1v) is 8.09. The van der Waals surface area contributed by atoms with E-state index in [0.29, 0.717) is 28.6 Å². The van der Waals surface area contributed by atoms with Crippen LogP contribution in [0.3, 0.4) is 0 Å². The molecule has 2 aromatic rings. The van der Waals surface area contributed by atoms with Crippen LogP contribution in [0.5, 0.6) is 11.5 Å². The first-order valence-electron chi connectivity index (χ1n) is 7.71. The van der Waals surface area contributed by atoms with Gasteiger partial charge >= 0.3 is 0 Å². The van der Waals surface area contributed by atoms with Crippen LogP contribution in [0.15, 0.2) is 47.5 Å². The van der Waals surface area contributed by atoms with E-state index in [0.717, 1.165) is 17.6 Å². The fourth-order valence-electron chi connectivity index (χ4n) is 3.05. The zero-order valence-corrected chi connectivity index (χ0v) is 13.8. The quantitative estimate of drug-likeness (QED) is 0.769. The molecule has 0 bridgehead atoms. The topological polar surface area (TPSA) is 30.8 Å². The second-order valence-electron chi connectivity index (χ2n) is 5.89. The van der Waals surface area contributed by atoms with Gasteiger partial charge in [-0.2, -0.15) is 0 Å². The van der Waals surface area contributed by atoms with Gasteiger partial charge in [-0.25, -0.2) is 4.39 Å². The van der Waals surface area contributed by atoms with Crippen LogP contribution in [0.1, 0.15) is 24.5 Å². The van der Waals surface area contributed by atoms with Crippen molar-refractivity contribution in [2.75, 3.05) is 6.54 Å². The average molecular weight is 344 g/mol. The predicted octanol–water partition coefficient (Wildman–Crippen LogP) is 4.98. The van der Waals surface area contributed by atoms with Gasteiger partial charge in [-0.05, 0) is 29.8 Å². The molecule has 0 radical (unpaired) electrons. The van der Waals surface area contributed by atoms with Crippen molar-refractivity contribution in [3.8, 4) is 11.5 Å². The highest BCUT2D eigenvalue weighted by Gasteiger charge is 2.42. The molecule has 24 heavy (non-hydrogen) atoms. The molecule has 4 rings (SSSR count). The number of ether oxygens (including phenoxy) is 2. The lowest BCUT2D eigenvalue weighted by Crippen LogP contribution is -2.32. The van der Waals surface area contributed by atoms with E-state index >= 15 is 0 Å².